The van der Waals surface area contributed by atoms with Gasteiger partial charge in [0, 0.05) is 0 Å². The predicted molar refractivity (Wildman–Crippen MR) is 130 cm³/mol. The van der Waals surface area contributed by atoms with E-state index in [1.165, 1.54) is 0 Å². The number of carbonyl (C=O) groups excluding carboxylic acids is 1. The van der Waals surface area contributed by atoms with Crippen LogP contribution in [-0.4, -0.2) is 57.4 Å². The molecule has 0 unspecified atom stereocenters. The number of esters is 1. The van der Waals surface area contributed by atoms with Gasteiger partial charge in [-0.1, -0.05) is 41.5 Å². The van der Waals surface area contributed by atoms with Crippen molar-refractivity contribution in [3.8, 4) is 0 Å². The zero-order valence-electron chi connectivity index (χ0n) is 22.0. The monoisotopic (exact) mass is 480 g/mol. The van der Waals surface area contributed by atoms with Crippen LogP contribution in [0.1, 0.15) is 80.1 Å². The van der Waals surface area contributed by atoms with Crippen molar-refractivity contribution in [2.75, 3.05) is 6.61 Å². The number of ether oxygens (including phenoxy) is 1. The van der Waals surface area contributed by atoms with Gasteiger partial charge >= 0.3 is 5.97 Å². The summed E-state index contributed by atoms with van der Waals surface area (Å²) in [4.78, 5) is 13.0. The maximum atomic E-state index is 13.0. The molecule has 3 aliphatic carbocycles. The Hall–Kier alpha value is -0.690. The molecule has 0 aromatic heterocycles. The zero-order valence-corrected chi connectivity index (χ0v) is 22.0. The van der Waals surface area contributed by atoms with Gasteiger partial charge in [0.2, 0.25) is 0 Å². The van der Waals surface area contributed by atoms with Crippen molar-refractivity contribution in [1.82, 2.24) is 0 Å². The van der Waals surface area contributed by atoms with Crippen LogP contribution in [0.15, 0.2) is 0 Å². The van der Waals surface area contributed by atoms with Crippen LogP contribution >= 0.6 is 0 Å². The van der Waals surface area contributed by atoms with E-state index in [0.717, 1.165) is 25.7 Å². The molecule has 0 aromatic rings. The second-order valence-corrected chi connectivity index (χ2v) is 13.3. The molecule has 4 fully saturated rings. The molecule has 0 amide bonds. The molecule has 1 heterocycles. The summed E-state index contributed by atoms with van der Waals surface area (Å²) in [5, 5.41) is 42.9. The van der Waals surface area contributed by atoms with Crippen LogP contribution in [0, 0.1) is 58.2 Å². The first kappa shape index (κ1) is 26.4. The number of hydrogen-bond donors (Lipinski definition) is 4. The summed E-state index contributed by atoms with van der Waals surface area (Å²) < 4.78 is 5.86. The lowest BCUT2D eigenvalue weighted by Gasteiger charge is -2.56. The van der Waals surface area contributed by atoms with Crippen LogP contribution in [0.3, 0.4) is 0 Å². The topological polar surface area (TPSA) is 107 Å². The van der Waals surface area contributed by atoms with Crippen molar-refractivity contribution >= 4 is 5.97 Å². The van der Waals surface area contributed by atoms with Gasteiger partial charge in [-0.25, -0.2) is 0 Å². The van der Waals surface area contributed by atoms with E-state index in [1.807, 2.05) is 6.92 Å². The largest absolute Gasteiger partial charge is 0.465 e. The van der Waals surface area contributed by atoms with Gasteiger partial charge in [0.1, 0.15) is 0 Å². The maximum absolute atomic E-state index is 13.0. The highest BCUT2D eigenvalue weighted by Gasteiger charge is 2.63. The quantitative estimate of drug-likeness (QED) is 0.450. The van der Waals surface area contributed by atoms with Crippen molar-refractivity contribution in [2.45, 2.75) is 104 Å². The zero-order chi connectivity index (χ0) is 25.2. The molecule has 1 aliphatic heterocycles. The second-order valence-electron chi connectivity index (χ2n) is 13.3. The Labute approximate surface area is 205 Å². The predicted octanol–water partition coefficient (Wildman–Crippen LogP) is 3.39. The highest BCUT2D eigenvalue weighted by molar-refractivity contribution is 5.74. The summed E-state index contributed by atoms with van der Waals surface area (Å²) >= 11 is 0. The smallest absolute Gasteiger partial charge is 0.309 e. The van der Waals surface area contributed by atoms with Gasteiger partial charge in [-0.15, -0.1) is 0 Å². The van der Waals surface area contributed by atoms with E-state index in [0.29, 0.717) is 30.8 Å². The summed E-state index contributed by atoms with van der Waals surface area (Å²) in [6.45, 7) is 13.2. The molecule has 13 atom stereocenters. The van der Waals surface area contributed by atoms with E-state index >= 15 is 0 Å². The molecule has 0 bridgehead atoms. The van der Waals surface area contributed by atoms with Crippen LogP contribution in [0.5, 0.6) is 0 Å². The summed E-state index contributed by atoms with van der Waals surface area (Å²) in [5.41, 5.74) is -0.345. The van der Waals surface area contributed by atoms with Gasteiger partial charge in [-0.05, 0) is 90.8 Å². The van der Waals surface area contributed by atoms with Gasteiger partial charge in [-0.3, -0.25) is 4.79 Å². The number of rotatable bonds is 5. The van der Waals surface area contributed by atoms with Crippen molar-refractivity contribution in [1.29, 1.82) is 0 Å². The van der Waals surface area contributed by atoms with Crippen LogP contribution < -0.4 is 0 Å². The third-order valence-electron chi connectivity index (χ3n) is 11.5. The molecule has 0 spiro atoms. The van der Waals surface area contributed by atoms with Gasteiger partial charge in [0.15, 0.2) is 0 Å². The molecule has 4 rings (SSSR count). The number of hydrogen-bond acceptors (Lipinski definition) is 6. The molecular formula is C28H48O6. The summed E-state index contributed by atoms with van der Waals surface area (Å²) in [6, 6.07) is 0. The number of cyclic esters (lactones) is 1. The number of aliphatic hydroxyl groups is 4. The average molecular weight is 481 g/mol. The second kappa shape index (κ2) is 9.32. The third kappa shape index (κ3) is 4.05. The molecule has 6 nitrogen and oxygen atoms in total. The molecule has 4 aliphatic rings. The minimum absolute atomic E-state index is 0.00827. The van der Waals surface area contributed by atoms with Crippen LogP contribution in [0.25, 0.3) is 0 Å². The van der Waals surface area contributed by atoms with Crippen molar-refractivity contribution in [3.05, 3.63) is 0 Å². The molecule has 4 N–H and O–H groups in total. The minimum atomic E-state index is -0.867. The van der Waals surface area contributed by atoms with E-state index < -0.39 is 24.4 Å². The van der Waals surface area contributed by atoms with Gasteiger partial charge in [0.05, 0.1) is 36.9 Å². The summed E-state index contributed by atoms with van der Waals surface area (Å²) in [5.74, 6) is 0.948. The van der Waals surface area contributed by atoms with Crippen LogP contribution in [0.2, 0.25) is 0 Å². The molecule has 34 heavy (non-hydrogen) atoms. The SMILES string of the molecule is CC(C)[C@@H](C)[C@@H](O)[C@H](O)[C@@H](C)[C@H]1CC[C@H]2[C@H]3COC(=O)[C@H]4C[C@H](O)[C@H](O)C[C@]4(C)[C@@H]3CC[C@]12C. The third-order valence-corrected chi connectivity index (χ3v) is 11.5. The number of fused-ring (bicyclic) bond motifs is 5. The molecular weight excluding hydrogens is 432 g/mol. The van der Waals surface area contributed by atoms with E-state index in [4.69, 9.17) is 4.74 Å². The molecule has 1 saturated heterocycles. The van der Waals surface area contributed by atoms with Crippen molar-refractivity contribution in [2.24, 2.45) is 58.2 Å². The van der Waals surface area contributed by atoms with E-state index in [2.05, 4.69) is 34.6 Å². The lowest BCUT2D eigenvalue weighted by atomic mass is 9.48. The lowest BCUT2D eigenvalue weighted by Crippen LogP contribution is -2.55. The molecule has 6 heteroatoms. The lowest BCUT2D eigenvalue weighted by molar-refractivity contribution is -0.162. The molecule has 0 aromatic carbocycles. The van der Waals surface area contributed by atoms with Crippen molar-refractivity contribution in [3.63, 3.8) is 0 Å². The first-order valence-corrected chi connectivity index (χ1v) is 13.7. The fourth-order valence-electron chi connectivity index (χ4n) is 8.95. The van der Waals surface area contributed by atoms with Gasteiger partial charge in [-0.2, -0.15) is 0 Å². The fourth-order valence-corrected chi connectivity index (χ4v) is 8.95. The first-order valence-electron chi connectivity index (χ1n) is 13.7. The minimum Gasteiger partial charge on any atom is -0.465 e. The fraction of sp³-hybridized carbons (Fsp3) is 0.964. The molecule has 0 radical (unpaired) electrons. The Balaban J connectivity index is 1.58. The standard InChI is InChI=1S/C28H48O6/c1-14(2)15(3)24(31)25(32)16(4)18-7-8-19-17-13-34-26(33)21-11-22(29)23(30)12-28(21,6)20(17)9-10-27(18,19)5/h14-25,29-32H,7-13H2,1-6H3/t15-,16+,17-,18-,19+,20-,21-,22+,23-,24-,25-,27-,28-/m1/s1. The Kier molecular flexibility index (Phi) is 7.23. The molecule has 196 valence electrons. The van der Waals surface area contributed by atoms with E-state index in [9.17, 15) is 25.2 Å². The van der Waals surface area contributed by atoms with Crippen molar-refractivity contribution < 1.29 is 30.0 Å². The Morgan fingerprint density at radius 2 is 1.56 bits per heavy atom. The highest BCUT2D eigenvalue weighted by Crippen LogP contribution is 2.66. The Morgan fingerprint density at radius 3 is 2.21 bits per heavy atom. The van der Waals surface area contributed by atoms with Crippen LogP contribution in [-0.2, 0) is 9.53 Å². The Morgan fingerprint density at radius 1 is 0.912 bits per heavy atom. The Bertz CT molecular complexity index is 755. The van der Waals surface area contributed by atoms with Crippen LogP contribution in [0.4, 0.5) is 0 Å². The summed E-state index contributed by atoms with van der Waals surface area (Å²) in [7, 11) is 0. The van der Waals surface area contributed by atoms with E-state index in [-0.39, 0.29) is 52.8 Å². The van der Waals surface area contributed by atoms with Gasteiger partial charge in [0.25, 0.3) is 0 Å². The average Bonchev–Trinajstić information content (AvgIpc) is 3.09. The van der Waals surface area contributed by atoms with Gasteiger partial charge < -0.3 is 25.2 Å². The number of aliphatic hydroxyl groups excluding tert-OH is 4. The first-order chi connectivity index (χ1) is 15.8. The van der Waals surface area contributed by atoms with E-state index in [1.54, 1.807) is 0 Å². The normalized spacial score (nSPS) is 48.1. The number of carbonyl (C=O) groups is 1. The molecule has 3 saturated carbocycles. The maximum Gasteiger partial charge on any atom is 0.309 e. The summed E-state index contributed by atoms with van der Waals surface area (Å²) in [6.07, 6.45) is 1.61. The highest BCUT2D eigenvalue weighted by atomic mass is 16.5.